The summed E-state index contributed by atoms with van der Waals surface area (Å²) in [5.74, 6) is -0.529. The number of hydrogen-bond acceptors (Lipinski definition) is 3. The summed E-state index contributed by atoms with van der Waals surface area (Å²) in [6, 6.07) is 6.93. The van der Waals surface area contributed by atoms with Gasteiger partial charge in [0.2, 0.25) is 0 Å². The quantitative estimate of drug-likeness (QED) is 0.584. The van der Waals surface area contributed by atoms with E-state index in [1.165, 1.54) is 11.6 Å². The van der Waals surface area contributed by atoms with E-state index < -0.39 is 0 Å². The summed E-state index contributed by atoms with van der Waals surface area (Å²) in [5, 5.41) is 29.7. The van der Waals surface area contributed by atoms with E-state index in [2.05, 4.69) is 32.9 Å². The Morgan fingerprint density at radius 3 is 1.81 bits per heavy atom. The van der Waals surface area contributed by atoms with E-state index in [0.29, 0.717) is 5.56 Å². The first kappa shape index (κ1) is 15.2. The van der Waals surface area contributed by atoms with Crippen LogP contribution in [0.2, 0.25) is 0 Å². The average Bonchev–Trinajstić information content (AvgIpc) is 2.49. The maximum atomic E-state index is 10.2. The van der Waals surface area contributed by atoms with Crippen molar-refractivity contribution in [2.24, 2.45) is 0 Å². The van der Waals surface area contributed by atoms with Crippen LogP contribution >= 0.6 is 0 Å². The Labute approximate surface area is 125 Å². The van der Waals surface area contributed by atoms with Gasteiger partial charge in [0, 0.05) is 11.6 Å². The summed E-state index contributed by atoms with van der Waals surface area (Å²) in [5.41, 5.74) is 4.90. The van der Waals surface area contributed by atoms with E-state index in [-0.39, 0.29) is 17.2 Å². The highest BCUT2D eigenvalue weighted by Crippen LogP contribution is 2.43. The third-order valence-electron chi connectivity index (χ3n) is 3.88. The van der Waals surface area contributed by atoms with Crippen molar-refractivity contribution in [3.63, 3.8) is 0 Å². The molecule has 0 aromatic heterocycles. The van der Waals surface area contributed by atoms with Gasteiger partial charge in [-0.15, -0.1) is 0 Å². The number of hydrogen-bond donors (Lipinski definition) is 3. The van der Waals surface area contributed by atoms with Gasteiger partial charge in [0.05, 0.1) is 0 Å². The molecule has 2 aromatic rings. The fourth-order valence-electron chi connectivity index (χ4n) is 2.74. The van der Waals surface area contributed by atoms with Gasteiger partial charge in [-0.2, -0.15) is 0 Å². The normalized spacial score (nSPS) is 10.8. The maximum absolute atomic E-state index is 10.2. The summed E-state index contributed by atoms with van der Waals surface area (Å²) in [7, 11) is 0. The smallest absolute Gasteiger partial charge is 0.165 e. The Kier molecular flexibility index (Phi) is 4.41. The van der Waals surface area contributed by atoms with Crippen molar-refractivity contribution in [2.45, 2.75) is 40.0 Å². The van der Waals surface area contributed by atoms with E-state index in [0.717, 1.165) is 42.0 Å². The minimum Gasteiger partial charge on any atom is -0.508 e. The van der Waals surface area contributed by atoms with E-state index >= 15 is 0 Å². The van der Waals surface area contributed by atoms with Gasteiger partial charge in [-0.1, -0.05) is 32.9 Å². The Morgan fingerprint density at radius 2 is 1.33 bits per heavy atom. The van der Waals surface area contributed by atoms with Crippen LogP contribution in [0.25, 0.3) is 11.1 Å². The van der Waals surface area contributed by atoms with Gasteiger partial charge in [-0.05, 0) is 47.6 Å². The Hall–Kier alpha value is -2.16. The van der Waals surface area contributed by atoms with Crippen LogP contribution in [0.4, 0.5) is 0 Å². The van der Waals surface area contributed by atoms with Crippen LogP contribution in [-0.2, 0) is 19.3 Å². The Morgan fingerprint density at radius 1 is 0.762 bits per heavy atom. The van der Waals surface area contributed by atoms with Gasteiger partial charge in [-0.25, -0.2) is 0 Å². The zero-order valence-electron chi connectivity index (χ0n) is 12.8. The monoisotopic (exact) mass is 286 g/mol. The van der Waals surface area contributed by atoms with Gasteiger partial charge >= 0.3 is 0 Å². The molecule has 0 aliphatic heterocycles. The van der Waals surface area contributed by atoms with Gasteiger partial charge in [0.15, 0.2) is 11.5 Å². The van der Waals surface area contributed by atoms with E-state index in [1.54, 1.807) is 0 Å². The molecule has 0 saturated carbocycles. The summed E-state index contributed by atoms with van der Waals surface area (Å²) in [6.45, 7) is 6.25. The number of aryl methyl sites for hydroxylation is 3. The Bertz CT molecular complexity index is 635. The lowest BCUT2D eigenvalue weighted by Gasteiger charge is -2.17. The van der Waals surface area contributed by atoms with Gasteiger partial charge in [0.25, 0.3) is 0 Å². The lowest BCUT2D eigenvalue weighted by atomic mass is 9.88. The molecule has 0 aliphatic rings. The van der Waals surface area contributed by atoms with Crippen LogP contribution in [0.1, 0.15) is 37.5 Å². The van der Waals surface area contributed by atoms with Crippen molar-refractivity contribution in [3.05, 3.63) is 41.0 Å². The van der Waals surface area contributed by atoms with E-state index in [9.17, 15) is 15.3 Å². The van der Waals surface area contributed by atoms with Crippen molar-refractivity contribution < 1.29 is 15.3 Å². The lowest BCUT2D eigenvalue weighted by Crippen LogP contribution is -1.98. The average molecular weight is 286 g/mol. The fourth-order valence-corrected chi connectivity index (χ4v) is 2.74. The van der Waals surface area contributed by atoms with Crippen molar-refractivity contribution in [3.8, 4) is 28.4 Å². The molecule has 0 radical (unpaired) electrons. The molecule has 0 heterocycles. The molecule has 3 heteroatoms. The fraction of sp³-hybridized carbons (Fsp3) is 0.333. The SMILES string of the molecule is CCc1cc(CC)c(-c2cc(O)cc(O)c2O)c(CC)c1. The Balaban J connectivity index is 2.79. The van der Waals surface area contributed by atoms with Crippen LogP contribution in [0.15, 0.2) is 24.3 Å². The summed E-state index contributed by atoms with van der Waals surface area (Å²) in [6.07, 6.45) is 2.61. The van der Waals surface area contributed by atoms with E-state index in [4.69, 9.17) is 0 Å². The third kappa shape index (κ3) is 2.82. The highest BCUT2D eigenvalue weighted by Gasteiger charge is 2.17. The minimum absolute atomic E-state index is 0.0519. The maximum Gasteiger partial charge on any atom is 0.165 e. The molecule has 0 aliphatic carbocycles. The number of rotatable bonds is 4. The van der Waals surface area contributed by atoms with Crippen LogP contribution in [-0.4, -0.2) is 15.3 Å². The predicted octanol–water partition coefficient (Wildman–Crippen LogP) is 4.16. The van der Waals surface area contributed by atoms with Crippen molar-refractivity contribution in [1.82, 2.24) is 0 Å². The zero-order valence-corrected chi connectivity index (χ0v) is 12.8. The molecule has 112 valence electrons. The van der Waals surface area contributed by atoms with Crippen LogP contribution in [0.5, 0.6) is 17.2 Å². The second kappa shape index (κ2) is 6.08. The molecule has 0 unspecified atom stereocenters. The second-order valence-electron chi connectivity index (χ2n) is 5.21. The number of benzene rings is 2. The third-order valence-corrected chi connectivity index (χ3v) is 3.88. The van der Waals surface area contributed by atoms with Gasteiger partial charge < -0.3 is 15.3 Å². The minimum atomic E-state index is -0.298. The highest BCUT2D eigenvalue weighted by atomic mass is 16.3. The molecular formula is C18H22O3. The molecule has 2 rings (SSSR count). The number of phenolic OH excluding ortho intramolecular Hbond substituents is 3. The number of phenols is 3. The van der Waals surface area contributed by atoms with Gasteiger partial charge in [0.1, 0.15) is 5.75 Å². The molecule has 0 spiro atoms. The molecule has 3 N–H and O–H groups in total. The zero-order chi connectivity index (χ0) is 15.6. The molecule has 0 fully saturated rings. The number of aromatic hydroxyl groups is 3. The molecule has 21 heavy (non-hydrogen) atoms. The summed E-state index contributed by atoms with van der Waals surface area (Å²) < 4.78 is 0. The first-order chi connectivity index (χ1) is 10.0. The summed E-state index contributed by atoms with van der Waals surface area (Å²) in [4.78, 5) is 0. The molecule has 0 bridgehead atoms. The van der Waals surface area contributed by atoms with Crippen molar-refractivity contribution in [1.29, 1.82) is 0 Å². The molecule has 3 nitrogen and oxygen atoms in total. The molecular weight excluding hydrogens is 264 g/mol. The second-order valence-corrected chi connectivity index (χ2v) is 5.21. The topological polar surface area (TPSA) is 60.7 Å². The van der Waals surface area contributed by atoms with Gasteiger partial charge in [-0.3, -0.25) is 0 Å². The standard InChI is InChI=1S/C18H22O3/c1-4-11-7-12(5-2)17(13(6-3)8-11)15-9-14(19)10-16(20)18(15)21/h7-10,19-21H,4-6H2,1-3H3. The highest BCUT2D eigenvalue weighted by molar-refractivity contribution is 5.80. The molecule has 0 saturated heterocycles. The lowest BCUT2D eigenvalue weighted by molar-refractivity contribution is 0.398. The predicted molar refractivity (Wildman–Crippen MR) is 85.0 cm³/mol. The van der Waals surface area contributed by atoms with Crippen LogP contribution in [0.3, 0.4) is 0 Å². The largest absolute Gasteiger partial charge is 0.508 e. The summed E-state index contributed by atoms with van der Waals surface area (Å²) >= 11 is 0. The molecule has 0 atom stereocenters. The van der Waals surface area contributed by atoms with E-state index in [1.807, 2.05) is 0 Å². The van der Waals surface area contributed by atoms with Crippen molar-refractivity contribution in [2.75, 3.05) is 0 Å². The first-order valence-electron chi connectivity index (χ1n) is 7.41. The molecule has 2 aromatic carbocycles. The van der Waals surface area contributed by atoms with Crippen LogP contribution in [0, 0.1) is 0 Å². The molecule has 0 amide bonds. The first-order valence-corrected chi connectivity index (χ1v) is 7.41. The van der Waals surface area contributed by atoms with Crippen molar-refractivity contribution >= 4 is 0 Å². The van der Waals surface area contributed by atoms with Crippen LogP contribution < -0.4 is 0 Å².